The van der Waals surface area contributed by atoms with Gasteiger partial charge in [0.2, 0.25) is 0 Å². The van der Waals surface area contributed by atoms with Gasteiger partial charge in [-0.3, -0.25) is 9.69 Å². The van der Waals surface area contributed by atoms with Crippen molar-refractivity contribution in [1.29, 1.82) is 0 Å². The monoisotopic (exact) mass is 479 g/mol. The number of hydrogen-bond acceptors (Lipinski definition) is 4. The molecule has 0 atom stereocenters. The van der Waals surface area contributed by atoms with Crippen LogP contribution in [0.15, 0.2) is 70.0 Å². The summed E-state index contributed by atoms with van der Waals surface area (Å²) in [5, 5.41) is 0.128. The molecule has 31 heavy (non-hydrogen) atoms. The lowest BCUT2D eigenvalue weighted by molar-refractivity contribution is -0.137. The second kappa shape index (κ2) is 8.53. The minimum atomic E-state index is -4.50. The second-order valence-electron chi connectivity index (χ2n) is 6.65. The van der Waals surface area contributed by atoms with E-state index in [9.17, 15) is 18.0 Å². The third kappa shape index (κ3) is 4.71. The predicted octanol–water partition coefficient (Wildman–Crippen LogP) is 7.02. The quantitative estimate of drug-likeness (QED) is 0.297. The average Bonchev–Trinajstić information content (AvgIpc) is 3.28. The third-order valence-electron chi connectivity index (χ3n) is 4.52. The highest BCUT2D eigenvalue weighted by Crippen LogP contribution is 2.38. The van der Waals surface area contributed by atoms with Crippen LogP contribution in [0.5, 0.6) is 0 Å². The lowest BCUT2D eigenvalue weighted by Gasteiger charge is -2.14. The van der Waals surface area contributed by atoms with E-state index in [-0.39, 0.29) is 22.3 Å². The minimum Gasteiger partial charge on any atom is -0.457 e. The number of thioether (sulfide) groups is 1. The number of carbonyl (C=O) groups excluding carboxylic acids is 1. The fourth-order valence-electron chi connectivity index (χ4n) is 3.00. The van der Waals surface area contributed by atoms with Crippen molar-refractivity contribution in [2.45, 2.75) is 12.7 Å². The van der Waals surface area contributed by atoms with Crippen molar-refractivity contribution in [1.82, 2.24) is 4.90 Å². The van der Waals surface area contributed by atoms with E-state index in [2.05, 4.69) is 0 Å². The van der Waals surface area contributed by atoms with Gasteiger partial charge >= 0.3 is 6.18 Å². The summed E-state index contributed by atoms with van der Waals surface area (Å²) in [6, 6.07) is 15.6. The SMILES string of the molecule is O=C1/C(=C\c2ccc(-c3cc(C(F)(F)F)ccc3Cl)o2)SC(=S)N1Cc1ccccc1. The average molecular weight is 480 g/mol. The predicted molar refractivity (Wildman–Crippen MR) is 119 cm³/mol. The van der Waals surface area contributed by atoms with Gasteiger partial charge in [0.05, 0.1) is 22.0 Å². The number of nitrogens with zero attached hydrogens (tertiary/aromatic N) is 1. The Hall–Kier alpha value is -2.55. The van der Waals surface area contributed by atoms with E-state index in [1.165, 1.54) is 23.1 Å². The summed E-state index contributed by atoms with van der Waals surface area (Å²) >= 11 is 12.5. The number of amides is 1. The third-order valence-corrected chi connectivity index (χ3v) is 6.22. The van der Waals surface area contributed by atoms with E-state index in [4.69, 9.17) is 28.2 Å². The molecule has 1 aliphatic rings. The Morgan fingerprint density at radius 1 is 1.10 bits per heavy atom. The molecule has 0 N–H and O–H groups in total. The Bertz CT molecular complexity index is 1190. The minimum absolute atomic E-state index is 0.118. The van der Waals surface area contributed by atoms with E-state index in [1.54, 1.807) is 6.07 Å². The molecule has 2 aromatic carbocycles. The highest BCUT2D eigenvalue weighted by molar-refractivity contribution is 8.26. The zero-order valence-corrected chi connectivity index (χ0v) is 18.0. The number of halogens is 4. The Balaban J connectivity index is 1.58. The second-order valence-corrected chi connectivity index (χ2v) is 8.73. The van der Waals surface area contributed by atoms with E-state index in [0.717, 1.165) is 29.5 Å². The van der Waals surface area contributed by atoms with E-state index in [1.807, 2.05) is 30.3 Å². The van der Waals surface area contributed by atoms with Gasteiger partial charge in [-0.05, 0) is 35.9 Å². The van der Waals surface area contributed by atoms with Crippen LogP contribution in [0, 0.1) is 0 Å². The molecule has 3 nitrogen and oxygen atoms in total. The van der Waals surface area contributed by atoms with Crippen LogP contribution in [0.4, 0.5) is 13.2 Å². The van der Waals surface area contributed by atoms with Crippen LogP contribution in [-0.2, 0) is 17.5 Å². The number of benzene rings is 2. The zero-order valence-electron chi connectivity index (χ0n) is 15.7. The Labute approximate surface area is 190 Å². The molecule has 0 spiro atoms. The first-order chi connectivity index (χ1) is 14.7. The molecule has 3 aromatic rings. The molecule has 9 heteroatoms. The lowest BCUT2D eigenvalue weighted by Crippen LogP contribution is -2.27. The molecule has 1 fully saturated rings. The summed E-state index contributed by atoms with van der Waals surface area (Å²) < 4.78 is 45.2. The Kier molecular flexibility index (Phi) is 5.96. The summed E-state index contributed by atoms with van der Waals surface area (Å²) in [4.78, 5) is 14.6. The normalized spacial score (nSPS) is 15.9. The first-order valence-corrected chi connectivity index (χ1v) is 10.6. The molecular weight excluding hydrogens is 467 g/mol. The van der Waals surface area contributed by atoms with Gasteiger partial charge in [-0.15, -0.1) is 0 Å². The van der Waals surface area contributed by atoms with Gasteiger partial charge in [0.15, 0.2) is 0 Å². The topological polar surface area (TPSA) is 33.5 Å². The van der Waals surface area contributed by atoms with E-state index in [0.29, 0.717) is 21.5 Å². The number of carbonyl (C=O) groups is 1. The molecule has 4 rings (SSSR count). The highest BCUT2D eigenvalue weighted by Gasteiger charge is 2.33. The summed E-state index contributed by atoms with van der Waals surface area (Å²) in [6.45, 7) is 0.353. The fraction of sp³-hybridized carbons (Fsp3) is 0.0909. The van der Waals surface area contributed by atoms with Gasteiger partial charge in [-0.2, -0.15) is 13.2 Å². The van der Waals surface area contributed by atoms with Crippen molar-refractivity contribution in [3.05, 3.63) is 87.5 Å². The molecule has 0 bridgehead atoms. The van der Waals surface area contributed by atoms with Gasteiger partial charge in [-0.25, -0.2) is 0 Å². The van der Waals surface area contributed by atoms with Crippen molar-refractivity contribution in [3.63, 3.8) is 0 Å². The molecule has 1 aliphatic heterocycles. The number of furan rings is 1. The maximum Gasteiger partial charge on any atom is 0.416 e. The zero-order chi connectivity index (χ0) is 22.2. The summed E-state index contributed by atoms with van der Waals surface area (Å²) in [5.41, 5.74) is 0.235. The number of alkyl halides is 3. The smallest absolute Gasteiger partial charge is 0.416 e. The lowest BCUT2D eigenvalue weighted by atomic mass is 10.1. The largest absolute Gasteiger partial charge is 0.457 e. The number of rotatable bonds is 4. The first-order valence-electron chi connectivity index (χ1n) is 8.98. The summed E-state index contributed by atoms with van der Waals surface area (Å²) in [7, 11) is 0. The van der Waals surface area contributed by atoms with Crippen LogP contribution in [0.1, 0.15) is 16.9 Å². The molecule has 2 heterocycles. The van der Waals surface area contributed by atoms with Gasteiger partial charge in [-0.1, -0.05) is 65.9 Å². The van der Waals surface area contributed by atoms with Crippen LogP contribution in [-0.4, -0.2) is 15.1 Å². The summed E-state index contributed by atoms with van der Waals surface area (Å²) in [6.07, 6.45) is -2.98. The van der Waals surface area contributed by atoms with Gasteiger partial charge in [0.25, 0.3) is 5.91 Å². The first kappa shape index (κ1) is 21.7. The molecular formula is C22H13ClF3NO2S2. The molecule has 0 unspecified atom stereocenters. The number of thiocarbonyl (C=S) groups is 1. The molecule has 158 valence electrons. The van der Waals surface area contributed by atoms with Crippen LogP contribution in [0.2, 0.25) is 5.02 Å². The molecule has 0 radical (unpaired) electrons. The molecule has 0 saturated carbocycles. The molecule has 0 aliphatic carbocycles. The number of hydrogen-bond donors (Lipinski definition) is 0. The standard InChI is InChI=1S/C22H13ClF3NO2S2/c23-17-8-6-14(22(24,25)26)10-16(17)18-9-7-15(29-18)11-19-20(28)27(21(30)31-19)12-13-4-2-1-3-5-13/h1-11H,12H2/b19-11+. The molecule has 1 amide bonds. The summed E-state index contributed by atoms with van der Waals surface area (Å²) in [5.74, 6) is 0.222. The van der Waals surface area contributed by atoms with Gasteiger partial charge in [0, 0.05) is 11.6 Å². The van der Waals surface area contributed by atoms with Crippen molar-refractivity contribution in [2.75, 3.05) is 0 Å². The van der Waals surface area contributed by atoms with Crippen LogP contribution < -0.4 is 0 Å². The van der Waals surface area contributed by atoms with E-state index < -0.39 is 11.7 Å². The van der Waals surface area contributed by atoms with Crippen LogP contribution >= 0.6 is 35.6 Å². The van der Waals surface area contributed by atoms with Gasteiger partial charge in [0.1, 0.15) is 15.8 Å². The maximum atomic E-state index is 13.0. The molecule has 1 saturated heterocycles. The Morgan fingerprint density at radius 2 is 1.84 bits per heavy atom. The van der Waals surface area contributed by atoms with E-state index >= 15 is 0 Å². The van der Waals surface area contributed by atoms with Crippen LogP contribution in [0.25, 0.3) is 17.4 Å². The van der Waals surface area contributed by atoms with Crippen molar-refractivity contribution < 1.29 is 22.4 Å². The van der Waals surface area contributed by atoms with Crippen LogP contribution in [0.3, 0.4) is 0 Å². The molecule has 1 aromatic heterocycles. The van der Waals surface area contributed by atoms with Crippen molar-refractivity contribution >= 4 is 51.9 Å². The Morgan fingerprint density at radius 3 is 2.55 bits per heavy atom. The van der Waals surface area contributed by atoms with Crippen molar-refractivity contribution in [2.24, 2.45) is 0 Å². The van der Waals surface area contributed by atoms with Gasteiger partial charge < -0.3 is 4.42 Å². The van der Waals surface area contributed by atoms with Crippen molar-refractivity contribution in [3.8, 4) is 11.3 Å². The maximum absolute atomic E-state index is 13.0. The fourth-order valence-corrected chi connectivity index (χ4v) is 4.44. The highest BCUT2D eigenvalue weighted by atomic mass is 35.5.